The minimum Gasteiger partial charge on any atom is -0.493 e. The zero-order valence-corrected chi connectivity index (χ0v) is 17.0. The van der Waals surface area contributed by atoms with E-state index in [0.29, 0.717) is 17.1 Å². The van der Waals surface area contributed by atoms with Crippen molar-refractivity contribution in [3.63, 3.8) is 0 Å². The third-order valence-corrected chi connectivity index (χ3v) is 4.96. The second-order valence-corrected chi connectivity index (χ2v) is 6.83. The first-order chi connectivity index (χ1) is 14.6. The number of aromatic nitrogens is 4. The van der Waals surface area contributed by atoms with E-state index in [1.165, 1.54) is 18.5 Å². The van der Waals surface area contributed by atoms with Gasteiger partial charge in [-0.1, -0.05) is 6.07 Å². The molecule has 4 aromatic rings. The molecule has 0 aliphatic heterocycles. The molecule has 30 heavy (non-hydrogen) atoms. The quantitative estimate of drug-likeness (QED) is 0.466. The van der Waals surface area contributed by atoms with E-state index in [2.05, 4.69) is 20.0 Å². The zero-order valence-electron chi connectivity index (χ0n) is 17.0. The molecule has 154 valence electrons. The summed E-state index contributed by atoms with van der Waals surface area (Å²) < 4.78 is 25.6. The van der Waals surface area contributed by atoms with Gasteiger partial charge in [-0.15, -0.1) is 0 Å². The van der Waals surface area contributed by atoms with E-state index in [4.69, 9.17) is 9.47 Å². The molecule has 2 aromatic carbocycles. The summed E-state index contributed by atoms with van der Waals surface area (Å²) in [5.74, 6) is 1.91. The Kier molecular flexibility index (Phi) is 5.47. The first-order valence-electron chi connectivity index (χ1n) is 9.47. The molecule has 0 bridgehead atoms. The van der Waals surface area contributed by atoms with Gasteiger partial charge in [-0.3, -0.25) is 0 Å². The third kappa shape index (κ3) is 3.76. The fourth-order valence-electron chi connectivity index (χ4n) is 3.35. The monoisotopic (exact) mass is 407 g/mol. The van der Waals surface area contributed by atoms with Crippen molar-refractivity contribution >= 4 is 16.9 Å². The van der Waals surface area contributed by atoms with Crippen molar-refractivity contribution in [1.82, 2.24) is 19.7 Å². The fourth-order valence-corrected chi connectivity index (χ4v) is 3.35. The molecule has 7 nitrogen and oxygen atoms in total. The number of nitrogens with zero attached hydrogens (tertiary/aromatic N) is 5. The van der Waals surface area contributed by atoms with Gasteiger partial charge in [0.05, 0.1) is 31.5 Å². The van der Waals surface area contributed by atoms with Gasteiger partial charge < -0.3 is 14.4 Å². The van der Waals surface area contributed by atoms with Crippen LogP contribution in [0.1, 0.15) is 5.56 Å². The van der Waals surface area contributed by atoms with Crippen LogP contribution in [0.5, 0.6) is 11.5 Å². The van der Waals surface area contributed by atoms with Crippen LogP contribution in [0.15, 0.2) is 55.0 Å². The average molecular weight is 407 g/mol. The van der Waals surface area contributed by atoms with Crippen molar-refractivity contribution in [2.45, 2.75) is 6.42 Å². The molecule has 2 heterocycles. The number of hydrogen-bond donors (Lipinski definition) is 0. The van der Waals surface area contributed by atoms with E-state index in [1.54, 1.807) is 37.2 Å². The Bertz CT molecular complexity index is 1160. The summed E-state index contributed by atoms with van der Waals surface area (Å²) in [5.41, 5.74) is 2.54. The summed E-state index contributed by atoms with van der Waals surface area (Å²) >= 11 is 0. The summed E-state index contributed by atoms with van der Waals surface area (Å²) in [5, 5.41) is 5.26. The summed E-state index contributed by atoms with van der Waals surface area (Å²) in [6, 6.07) is 12.1. The summed E-state index contributed by atoms with van der Waals surface area (Å²) in [6.45, 7) is 0.739. The number of likely N-dealkylation sites (N-methyl/N-ethyl adjacent to an activating group) is 1. The van der Waals surface area contributed by atoms with E-state index in [0.717, 1.165) is 35.4 Å². The Morgan fingerprint density at radius 2 is 1.77 bits per heavy atom. The average Bonchev–Trinajstić information content (AvgIpc) is 3.22. The van der Waals surface area contributed by atoms with Gasteiger partial charge in [-0.05, 0) is 48.4 Å². The molecule has 0 radical (unpaired) electrons. The maximum Gasteiger partial charge on any atom is 0.168 e. The van der Waals surface area contributed by atoms with Crippen molar-refractivity contribution in [1.29, 1.82) is 0 Å². The summed E-state index contributed by atoms with van der Waals surface area (Å²) in [4.78, 5) is 10.9. The minimum absolute atomic E-state index is 0.291. The van der Waals surface area contributed by atoms with E-state index >= 15 is 0 Å². The van der Waals surface area contributed by atoms with Crippen LogP contribution in [0.25, 0.3) is 16.7 Å². The third-order valence-electron chi connectivity index (χ3n) is 4.96. The largest absolute Gasteiger partial charge is 0.493 e. The van der Waals surface area contributed by atoms with E-state index < -0.39 is 0 Å². The van der Waals surface area contributed by atoms with Gasteiger partial charge in [-0.25, -0.2) is 19.0 Å². The van der Waals surface area contributed by atoms with E-state index in [9.17, 15) is 4.39 Å². The van der Waals surface area contributed by atoms with Gasteiger partial charge in [0, 0.05) is 13.6 Å². The van der Waals surface area contributed by atoms with Gasteiger partial charge in [0.2, 0.25) is 0 Å². The van der Waals surface area contributed by atoms with E-state index in [1.807, 2.05) is 25.2 Å². The Balaban J connectivity index is 1.57. The molecular formula is C22H22FN5O2. The van der Waals surface area contributed by atoms with Crippen LogP contribution in [-0.2, 0) is 6.42 Å². The topological polar surface area (TPSA) is 65.3 Å². The van der Waals surface area contributed by atoms with Gasteiger partial charge in [0.25, 0.3) is 0 Å². The highest BCUT2D eigenvalue weighted by Gasteiger charge is 2.14. The van der Waals surface area contributed by atoms with Gasteiger partial charge >= 0.3 is 0 Å². The van der Waals surface area contributed by atoms with Crippen LogP contribution in [0.4, 0.5) is 10.2 Å². The van der Waals surface area contributed by atoms with Crippen molar-refractivity contribution in [2.75, 3.05) is 32.7 Å². The number of benzene rings is 2. The maximum atomic E-state index is 13.3. The van der Waals surface area contributed by atoms with Gasteiger partial charge in [0.15, 0.2) is 17.1 Å². The molecule has 0 amide bonds. The normalized spacial score (nSPS) is 10.9. The molecule has 0 saturated carbocycles. The lowest BCUT2D eigenvalue weighted by Crippen LogP contribution is -2.21. The molecule has 0 N–H and O–H groups in total. The van der Waals surface area contributed by atoms with E-state index in [-0.39, 0.29) is 5.82 Å². The first kappa shape index (κ1) is 19.6. The SMILES string of the molecule is COc1ccc(CCN(C)c2ncnc3c2cnn3-c2ccc(F)cc2)cc1OC. The number of methoxy groups -OCH3 is 2. The first-order valence-corrected chi connectivity index (χ1v) is 9.47. The zero-order chi connectivity index (χ0) is 21.1. The molecule has 0 spiro atoms. The lowest BCUT2D eigenvalue weighted by molar-refractivity contribution is 0.354. The minimum atomic E-state index is -0.291. The second-order valence-electron chi connectivity index (χ2n) is 6.83. The molecule has 4 rings (SSSR count). The molecule has 0 aliphatic rings. The predicted octanol–water partition coefficient (Wildman–Crippen LogP) is 3.65. The predicted molar refractivity (Wildman–Crippen MR) is 113 cm³/mol. The number of anilines is 1. The van der Waals surface area contributed by atoms with Gasteiger partial charge in [-0.2, -0.15) is 5.10 Å². The van der Waals surface area contributed by atoms with Crippen molar-refractivity contribution in [2.24, 2.45) is 0 Å². The van der Waals surface area contributed by atoms with Crippen molar-refractivity contribution in [3.8, 4) is 17.2 Å². The van der Waals surface area contributed by atoms with Crippen LogP contribution in [-0.4, -0.2) is 47.6 Å². The molecule has 0 saturated heterocycles. The Morgan fingerprint density at radius 1 is 1.00 bits per heavy atom. The number of hydrogen-bond acceptors (Lipinski definition) is 6. The number of ether oxygens (including phenoxy) is 2. The highest BCUT2D eigenvalue weighted by atomic mass is 19.1. The summed E-state index contributed by atoms with van der Waals surface area (Å²) in [6.07, 6.45) is 4.06. The molecule has 2 aromatic heterocycles. The Hall–Kier alpha value is -3.68. The second kappa shape index (κ2) is 8.36. The molecule has 0 fully saturated rings. The number of rotatable bonds is 7. The lowest BCUT2D eigenvalue weighted by atomic mass is 10.1. The Labute approximate surface area is 173 Å². The fraction of sp³-hybridized carbons (Fsp3) is 0.227. The smallest absolute Gasteiger partial charge is 0.168 e. The van der Waals surface area contributed by atoms with Crippen molar-refractivity contribution < 1.29 is 13.9 Å². The summed E-state index contributed by atoms with van der Waals surface area (Å²) in [7, 11) is 5.24. The molecule has 0 atom stereocenters. The number of fused-ring (bicyclic) bond motifs is 1. The maximum absolute atomic E-state index is 13.3. The van der Waals surface area contributed by atoms with Crippen LogP contribution in [0.2, 0.25) is 0 Å². The van der Waals surface area contributed by atoms with Crippen LogP contribution >= 0.6 is 0 Å². The van der Waals surface area contributed by atoms with Crippen LogP contribution in [0, 0.1) is 5.82 Å². The molecule has 0 unspecified atom stereocenters. The van der Waals surface area contributed by atoms with Crippen LogP contribution < -0.4 is 14.4 Å². The Morgan fingerprint density at radius 3 is 2.50 bits per heavy atom. The molecular weight excluding hydrogens is 385 g/mol. The van der Waals surface area contributed by atoms with Crippen LogP contribution in [0.3, 0.4) is 0 Å². The standard InChI is InChI=1S/C22H22FN5O2/c1-27(11-10-15-4-9-19(29-2)20(12-15)30-3)21-18-13-26-28(22(18)25-14-24-21)17-7-5-16(23)6-8-17/h4-9,12-14H,10-11H2,1-3H3. The highest BCUT2D eigenvalue weighted by Crippen LogP contribution is 2.28. The lowest BCUT2D eigenvalue weighted by Gasteiger charge is -2.19. The van der Waals surface area contributed by atoms with Gasteiger partial charge in [0.1, 0.15) is 18.0 Å². The molecule has 0 aliphatic carbocycles. The highest BCUT2D eigenvalue weighted by molar-refractivity contribution is 5.87. The molecule has 8 heteroatoms. The van der Waals surface area contributed by atoms with Crippen molar-refractivity contribution in [3.05, 3.63) is 66.4 Å². The number of halogens is 1.